The van der Waals surface area contributed by atoms with Crippen molar-refractivity contribution < 1.29 is 14.7 Å². The number of halogens is 1. The van der Waals surface area contributed by atoms with E-state index < -0.39 is 11.5 Å². The second kappa shape index (κ2) is 4.80. The highest BCUT2D eigenvalue weighted by Gasteiger charge is 2.46. The zero-order valence-corrected chi connectivity index (χ0v) is 12.6. The maximum atomic E-state index is 12.2. The van der Waals surface area contributed by atoms with E-state index in [1.54, 1.807) is 35.7 Å². The molecular weight excluding hydrogens is 342 g/mol. The number of carbonyl (C=O) groups is 2. The Hall–Kier alpha value is -1.50. The van der Waals surface area contributed by atoms with Gasteiger partial charge in [-0.05, 0) is 23.6 Å². The van der Waals surface area contributed by atoms with Gasteiger partial charge in [-0.2, -0.15) is 0 Å². The molecule has 2 N–H and O–H groups in total. The summed E-state index contributed by atoms with van der Waals surface area (Å²) in [5.41, 5.74) is -0.821. The van der Waals surface area contributed by atoms with Crippen molar-refractivity contribution in [2.45, 2.75) is 12.0 Å². The van der Waals surface area contributed by atoms with Crippen molar-refractivity contribution in [2.75, 3.05) is 5.32 Å². The van der Waals surface area contributed by atoms with E-state index in [-0.39, 0.29) is 12.2 Å². The quantitative estimate of drug-likeness (QED) is 0.835. The maximum Gasteiger partial charge on any atom is 0.261 e. The summed E-state index contributed by atoms with van der Waals surface area (Å²) in [5.74, 6) is -0.802. The van der Waals surface area contributed by atoms with E-state index >= 15 is 0 Å². The minimum Gasteiger partial charge on any atom is -0.375 e. The van der Waals surface area contributed by atoms with Crippen LogP contribution >= 0.6 is 27.3 Å². The van der Waals surface area contributed by atoms with Crippen LogP contribution in [-0.4, -0.2) is 16.8 Å². The Morgan fingerprint density at radius 1 is 1.40 bits per heavy atom. The number of ketones is 1. The van der Waals surface area contributed by atoms with Crippen molar-refractivity contribution in [2.24, 2.45) is 0 Å². The fourth-order valence-electron chi connectivity index (χ4n) is 2.26. The van der Waals surface area contributed by atoms with E-state index in [1.807, 2.05) is 0 Å². The molecule has 1 aromatic heterocycles. The number of benzene rings is 1. The summed E-state index contributed by atoms with van der Waals surface area (Å²) >= 11 is 4.60. The number of aliphatic hydroxyl groups is 1. The minimum absolute atomic E-state index is 0.242. The summed E-state index contributed by atoms with van der Waals surface area (Å²) < 4.78 is 0.797. The number of Topliss-reactive ketones (excluding diaryl/α,β-unsaturated/α-hetero) is 1. The van der Waals surface area contributed by atoms with E-state index in [4.69, 9.17) is 0 Å². The molecule has 2 aromatic rings. The third-order valence-corrected chi connectivity index (χ3v) is 4.67. The molecule has 6 heteroatoms. The molecule has 1 atom stereocenters. The van der Waals surface area contributed by atoms with Gasteiger partial charge in [-0.1, -0.05) is 28.1 Å². The lowest BCUT2D eigenvalue weighted by Gasteiger charge is -2.19. The SMILES string of the molecule is O=C(CC1(O)C(=O)Nc2cc(Br)ccc21)c1cccs1. The first-order valence-electron chi connectivity index (χ1n) is 5.91. The molecule has 1 aliphatic heterocycles. The molecule has 1 amide bonds. The van der Waals surface area contributed by atoms with Crippen LogP contribution in [-0.2, 0) is 10.4 Å². The molecule has 0 bridgehead atoms. The molecular formula is C14H10BrNO3S. The van der Waals surface area contributed by atoms with Gasteiger partial charge < -0.3 is 10.4 Å². The van der Waals surface area contributed by atoms with Gasteiger partial charge in [-0.3, -0.25) is 9.59 Å². The predicted octanol–water partition coefficient (Wildman–Crippen LogP) is 2.92. The highest BCUT2D eigenvalue weighted by Crippen LogP contribution is 2.40. The van der Waals surface area contributed by atoms with E-state index in [0.717, 1.165) is 4.47 Å². The molecule has 102 valence electrons. The van der Waals surface area contributed by atoms with Crippen LogP contribution in [0.3, 0.4) is 0 Å². The van der Waals surface area contributed by atoms with Crippen molar-refractivity contribution in [1.29, 1.82) is 0 Å². The number of rotatable bonds is 3. The van der Waals surface area contributed by atoms with E-state index in [2.05, 4.69) is 21.2 Å². The first-order valence-corrected chi connectivity index (χ1v) is 7.58. The highest BCUT2D eigenvalue weighted by molar-refractivity contribution is 9.10. The molecule has 2 heterocycles. The van der Waals surface area contributed by atoms with E-state index in [1.165, 1.54) is 11.3 Å². The van der Waals surface area contributed by atoms with Gasteiger partial charge in [0.25, 0.3) is 5.91 Å². The number of nitrogens with one attached hydrogen (secondary N) is 1. The Labute approximate surface area is 127 Å². The smallest absolute Gasteiger partial charge is 0.261 e. The lowest BCUT2D eigenvalue weighted by atomic mass is 9.89. The topological polar surface area (TPSA) is 66.4 Å². The highest BCUT2D eigenvalue weighted by atomic mass is 79.9. The van der Waals surface area contributed by atoms with Crippen molar-refractivity contribution in [3.8, 4) is 0 Å². The van der Waals surface area contributed by atoms with Crippen molar-refractivity contribution in [1.82, 2.24) is 0 Å². The van der Waals surface area contributed by atoms with E-state index in [0.29, 0.717) is 16.1 Å². The molecule has 1 aliphatic rings. The first kappa shape index (κ1) is 13.5. The summed E-state index contributed by atoms with van der Waals surface area (Å²) in [5, 5.41) is 15.0. The van der Waals surface area contributed by atoms with Crippen molar-refractivity contribution in [3.05, 3.63) is 50.6 Å². The summed E-state index contributed by atoms with van der Waals surface area (Å²) in [6, 6.07) is 8.55. The Bertz CT molecular complexity index is 698. The third kappa shape index (κ3) is 2.09. The molecule has 0 aliphatic carbocycles. The fraction of sp³-hybridized carbons (Fsp3) is 0.143. The Morgan fingerprint density at radius 3 is 2.90 bits per heavy atom. The van der Waals surface area contributed by atoms with Crippen LogP contribution < -0.4 is 5.32 Å². The summed E-state index contributed by atoms with van der Waals surface area (Å²) in [6.07, 6.45) is -0.256. The van der Waals surface area contributed by atoms with Crippen molar-refractivity contribution >= 4 is 44.6 Å². The number of hydrogen-bond donors (Lipinski definition) is 2. The van der Waals surface area contributed by atoms with Gasteiger partial charge in [0.2, 0.25) is 0 Å². The molecule has 0 saturated heterocycles. The number of anilines is 1. The van der Waals surface area contributed by atoms with Crippen LogP contribution in [0.15, 0.2) is 40.2 Å². The maximum absolute atomic E-state index is 12.2. The molecule has 3 rings (SSSR count). The average molecular weight is 352 g/mol. The zero-order valence-electron chi connectivity index (χ0n) is 10.2. The molecule has 1 aromatic carbocycles. The predicted molar refractivity (Wildman–Crippen MR) is 79.9 cm³/mol. The number of thiophene rings is 1. The minimum atomic E-state index is -1.79. The van der Waals surface area contributed by atoms with Crippen LogP contribution in [0.25, 0.3) is 0 Å². The second-order valence-corrected chi connectivity index (χ2v) is 6.44. The summed E-state index contributed by atoms with van der Waals surface area (Å²) in [6.45, 7) is 0. The first-order chi connectivity index (χ1) is 9.50. The molecule has 0 radical (unpaired) electrons. The average Bonchev–Trinajstić information content (AvgIpc) is 2.98. The van der Waals surface area contributed by atoms with Crippen LogP contribution in [0.1, 0.15) is 21.7 Å². The van der Waals surface area contributed by atoms with Gasteiger partial charge in [0.05, 0.1) is 11.3 Å². The fourth-order valence-corrected chi connectivity index (χ4v) is 3.29. The number of fused-ring (bicyclic) bond motifs is 1. The summed E-state index contributed by atoms with van der Waals surface area (Å²) in [4.78, 5) is 24.7. The third-order valence-electron chi connectivity index (χ3n) is 3.26. The molecule has 4 nitrogen and oxygen atoms in total. The molecule has 0 spiro atoms. The molecule has 20 heavy (non-hydrogen) atoms. The molecule has 0 saturated carbocycles. The van der Waals surface area contributed by atoms with Crippen LogP contribution in [0, 0.1) is 0 Å². The lowest BCUT2D eigenvalue weighted by Crippen LogP contribution is -2.36. The Morgan fingerprint density at radius 2 is 2.20 bits per heavy atom. The number of carbonyl (C=O) groups excluding carboxylic acids is 2. The zero-order chi connectivity index (χ0) is 14.3. The molecule has 0 fully saturated rings. The van der Waals surface area contributed by atoms with E-state index in [9.17, 15) is 14.7 Å². The van der Waals surface area contributed by atoms with Gasteiger partial charge in [-0.25, -0.2) is 0 Å². The molecule has 1 unspecified atom stereocenters. The number of amides is 1. The van der Waals surface area contributed by atoms with Gasteiger partial charge in [0, 0.05) is 15.7 Å². The van der Waals surface area contributed by atoms with Crippen LogP contribution in [0.2, 0.25) is 0 Å². The van der Waals surface area contributed by atoms with Gasteiger partial charge in [0.1, 0.15) is 0 Å². The second-order valence-electron chi connectivity index (χ2n) is 4.58. The van der Waals surface area contributed by atoms with Crippen LogP contribution in [0.4, 0.5) is 5.69 Å². The Balaban J connectivity index is 1.96. The monoisotopic (exact) mass is 351 g/mol. The standard InChI is InChI=1S/C14H10BrNO3S/c15-8-3-4-9-10(6-8)16-13(18)14(9,19)7-11(17)12-2-1-5-20-12/h1-6,19H,7H2,(H,16,18). The Kier molecular flexibility index (Phi) is 3.24. The summed E-state index contributed by atoms with van der Waals surface area (Å²) in [7, 11) is 0. The van der Waals surface area contributed by atoms with Crippen LogP contribution in [0.5, 0.6) is 0 Å². The van der Waals surface area contributed by atoms with Gasteiger partial charge >= 0.3 is 0 Å². The van der Waals surface area contributed by atoms with Gasteiger partial charge in [0.15, 0.2) is 11.4 Å². The van der Waals surface area contributed by atoms with Crippen molar-refractivity contribution in [3.63, 3.8) is 0 Å². The largest absolute Gasteiger partial charge is 0.375 e. The number of hydrogen-bond acceptors (Lipinski definition) is 4. The normalized spacial score (nSPS) is 20.6. The van der Waals surface area contributed by atoms with Gasteiger partial charge in [-0.15, -0.1) is 11.3 Å². The lowest BCUT2D eigenvalue weighted by molar-refractivity contribution is -0.133.